The van der Waals surface area contributed by atoms with Crippen LogP contribution in [0.1, 0.15) is 25.3 Å². The molecule has 1 aromatic rings. The highest BCUT2D eigenvalue weighted by atomic mass is 19.1. The molecule has 1 unspecified atom stereocenters. The molecule has 1 heterocycles. The second-order valence-electron chi connectivity index (χ2n) is 4.91. The maximum atomic E-state index is 13.3. The fraction of sp³-hybridized carbons (Fsp3) is 0.467. The van der Waals surface area contributed by atoms with E-state index in [-0.39, 0.29) is 0 Å². The lowest BCUT2D eigenvalue weighted by molar-refractivity contribution is 0.248. The molecule has 1 N–H and O–H groups in total. The molecule has 1 fully saturated rings. The molecule has 0 bridgehead atoms. The lowest BCUT2D eigenvalue weighted by atomic mass is 10.0. The van der Waals surface area contributed by atoms with E-state index in [1.807, 2.05) is 18.2 Å². The quantitative estimate of drug-likeness (QED) is 0.827. The first-order chi connectivity index (χ1) is 8.66. The predicted octanol–water partition coefficient (Wildman–Crippen LogP) is 3.07. The van der Waals surface area contributed by atoms with Gasteiger partial charge in [-0.05, 0) is 24.5 Å². The summed E-state index contributed by atoms with van der Waals surface area (Å²) in [4.78, 5) is 2.21. The van der Waals surface area contributed by atoms with Gasteiger partial charge in [-0.15, -0.1) is 0 Å². The van der Waals surface area contributed by atoms with Gasteiger partial charge < -0.3 is 4.90 Å². The van der Waals surface area contributed by atoms with E-state index >= 15 is 0 Å². The summed E-state index contributed by atoms with van der Waals surface area (Å²) < 4.78 is 13.3. The van der Waals surface area contributed by atoms with Crippen molar-refractivity contribution in [2.45, 2.75) is 32.6 Å². The van der Waals surface area contributed by atoms with E-state index < -0.39 is 6.30 Å². The number of nitrogens with one attached hydrogen (secondary N) is 1. The minimum absolute atomic E-state index is 0.519. The Kier molecular flexibility index (Phi) is 4.37. The highest BCUT2D eigenvalue weighted by Crippen LogP contribution is 2.22. The smallest absolute Gasteiger partial charge is 0.155 e. The lowest BCUT2D eigenvalue weighted by Gasteiger charge is -2.27. The summed E-state index contributed by atoms with van der Waals surface area (Å²) in [6.45, 7) is 3.71. The van der Waals surface area contributed by atoms with Crippen molar-refractivity contribution in [1.29, 1.82) is 0 Å². The van der Waals surface area contributed by atoms with E-state index in [0.29, 0.717) is 6.42 Å². The summed E-state index contributed by atoms with van der Waals surface area (Å²) in [6.07, 6.45) is 0.588. The number of hydrogen-bond donors (Lipinski definition) is 1. The van der Waals surface area contributed by atoms with E-state index in [1.54, 1.807) is 0 Å². The average Bonchev–Trinajstić information content (AvgIpc) is 2.39. The molecule has 0 aromatic heterocycles. The fourth-order valence-corrected chi connectivity index (χ4v) is 2.34. The first-order valence-electron chi connectivity index (χ1n) is 6.48. The molecule has 0 radical (unpaired) electrons. The Morgan fingerprint density at radius 3 is 2.78 bits per heavy atom. The molecule has 3 heteroatoms. The van der Waals surface area contributed by atoms with Crippen LogP contribution in [0.15, 0.2) is 41.6 Å². The number of piperidine rings is 1. The summed E-state index contributed by atoms with van der Waals surface area (Å²) in [7, 11) is 2.07. The van der Waals surface area contributed by atoms with E-state index in [9.17, 15) is 4.39 Å². The van der Waals surface area contributed by atoms with Crippen LogP contribution in [0.25, 0.3) is 0 Å². The third kappa shape index (κ3) is 3.33. The minimum atomic E-state index is -0.881. The largest absolute Gasteiger partial charge is 0.374 e. The molecule has 0 amide bonds. The van der Waals surface area contributed by atoms with Crippen molar-refractivity contribution in [3.8, 4) is 0 Å². The van der Waals surface area contributed by atoms with E-state index in [4.69, 9.17) is 0 Å². The molecule has 1 aromatic carbocycles. The first-order valence-corrected chi connectivity index (χ1v) is 6.48. The van der Waals surface area contributed by atoms with Gasteiger partial charge in [0.15, 0.2) is 6.30 Å². The van der Waals surface area contributed by atoms with Gasteiger partial charge in [-0.2, -0.15) is 0 Å². The van der Waals surface area contributed by atoms with Crippen molar-refractivity contribution in [3.63, 3.8) is 0 Å². The summed E-state index contributed by atoms with van der Waals surface area (Å²) >= 11 is 0. The highest BCUT2D eigenvalue weighted by molar-refractivity contribution is 5.18. The van der Waals surface area contributed by atoms with Crippen molar-refractivity contribution in [2.75, 3.05) is 13.6 Å². The molecule has 0 aliphatic carbocycles. The number of alkyl halides is 1. The van der Waals surface area contributed by atoms with Crippen LogP contribution in [-0.2, 0) is 6.54 Å². The third-order valence-electron chi connectivity index (χ3n) is 3.57. The SMILES string of the molecule is CC(=C1CCNC(F)C1)N(C)Cc1ccccc1. The number of allylic oxidation sites excluding steroid dienone is 1. The predicted molar refractivity (Wildman–Crippen MR) is 72.7 cm³/mol. The van der Waals surface area contributed by atoms with Crippen LogP contribution in [0.4, 0.5) is 4.39 Å². The van der Waals surface area contributed by atoms with Crippen LogP contribution < -0.4 is 5.32 Å². The second-order valence-corrected chi connectivity index (χ2v) is 4.91. The Labute approximate surface area is 108 Å². The molecule has 2 nitrogen and oxygen atoms in total. The summed E-state index contributed by atoms with van der Waals surface area (Å²) in [5, 5.41) is 2.84. The van der Waals surface area contributed by atoms with Crippen LogP contribution in [0.3, 0.4) is 0 Å². The zero-order valence-corrected chi connectivity index (χ0v) is 11.1. The molecule has 2 rings (SSSR count). The maximum absolute atomic E-state index is 13.3. The van der Waals surface area contributed by atoms with Crippen LogP contribution in [0, 0.1) is 0 Å². The van der Waals surface area contributed by atoms with Gasteiger partial charge in [0, 0.05) is 32.3 Å². The third-order valence-corrected chi connectivity index (χ3v) is 3.57. The summed E-state index contributed by atoms with van der Waals surface area (Å²) in [5.74, 6) is 0. The molecular weight excluding hydrogens is 227 g/mol. The first kappa shape index (κ1) is 13.1. The van der Waals surface area contributed by atoms with E-state index in [2.05, 4.69) is 36.3 Å². The molecule has 1 atom stereocenters. The summed E-state index contributed by atoms with van der Waals surface area (Å²) in [6, 6.07) is 10.4. The number of halogens is 1. The maximum Gasteiger partial charge on any atom is 0.155 e. The Balaban J connectivity index is 2.04. The Morgan fingerprint density at radius 1 is 1.39 bits per heavy atom. The van der Waals surface area contributed by atoms with Gasteiger partial charge in [0.2, 0.25) is 0 Å². The number of benzene rings is 1. The van der Waals surface area contributed by atoms with Gasteiger partial charge in [-0.25, -0.2) is 4.39 Å². The zero-order chi connectivity index (χ0) is 13.0. The molecule has 0 spiro atoms. The second kappa shape index (κ2) is 6.01. The normalized spacial score (nSPS) is 22.7. The number of nitrogens with zero attached hydrogens (tertiary/aromatic N) is 1. The van der Waals surface area contributed by atoms with Gasteiger partial charge >= 0.3 is 0 Å². The van der Waals surface area contributed by atoms with Crippen LogP contribution >= 0.6 is 0 Å². The number of rotatable bonds is 3. The standard InChI is InChI=1S/C15H21FN2/c1-12(14-8-9-17-15(16)10-14)18(2)11-13-6-4-3-5-7-13/h3-7,15,17H,8-11H2,1-2H3. The van der Waals surface area contributed by atoms with Gasteiger partial charge in [-0.3, -0.25) is 5.32 Å². The summed E-state index contributed by atoms with van der Waals surface area (Å²) in [5.41, 5.74) is 3.73. The van der Waals surface area contributed by atoms with Gasteiger partial charge in [0.25, 0.3) is 0 Å². The number of hydrogen-bond acceptors (Lipinski definition) is 2. The topological polar surface area (TPSA) is 15.3 Å². The van der Waals surface area contributed by atoms with E-state index in [0.717, 1.165) is 19.5 Å². The fourth-order valence-electron chi connectivity index (χ4n) is 2.34. The molecule has 1 saturated heterocycles. The molecule has 98 valence electrons. The van der Waals surface area contributed by atoms with Crippen LogP contribution in [-0.4, -0.2) is 24.8 Å². The Hall–Kier alpha value is -1.35. The molecular formula is C15H21FN2. The molecule has 1 aliphatic heterocycles. The van der Waals surface area contributed by atoms with E-state index in [1.165, 1.54) is 16.8 Å². The Morgan fingerprint density at radius 2 is 2.11 bits per heavy atom. The van der Waals surface area contributed by atoms with Crippen LogP contribution in [0.5, 0.6) is 0 Å². The minimum Gasteiger partial charge on any atom is -0.374 e. The molecule has 1 aliphatic rings. The van der Waals surface area contributed by atoms with Crippen molar-refractivity contribution < 1.29 is 4.39 Å². The van der Waals surface area contributed by atoms with Crippen molar-refractivity contribution in [2.24, 2.45) is 0 Å². The van der Waals surface area contributed by atoms with Crippen molar-refractivity contribution in [1.82, 2.24) is 10.2 Å². The average molecular weight is 248 g/mol. The van der Waals surface area contributed by atoms with Crippen molar-refractivity contribution in [3.05, 3.63) is 47.2 Å². The van der Waals surface area contributed by atoms with Gasteiger partial charge in [0.05, 0.1) is 0 Å². The molecule has 0 saturated carbocycles. The van der Waals surface area contributed by atoms with Crippen LogP contribution in [0.2, 0.25) is 0 Å². The molecule has 18 heavy (non-hydrogen) atoms. The Bertz CT molecular complexity index is 414. The van der Waals surface area contributed by atoms with Gasteiger partial charge in [0.1, 0.15) is 0 Å². The van der Waals surface area contributed by atoms with Gasteiger partial charge in [-0.1, -0.05) is 30.3 Å². The lowest BCUT2D eigenvalue weighted by Crippen LogP contribution is -2.32. The zero-order valence-electron chi connectivity index (χ0n) is 11.1. The van der Waals surface area contributed by atoms with Crippen molar-refractivity contribution >= 4 is 0 Å². The monoisotopic (exact) mass is 248 g/mol. The highest BCUT2D eigenvalue weighted by Gasteiger charge is 2.18.